The molecule has 3 nitrogen and oxygen atoms in total. The molecule has 2 N–H and O–H groups in total. The van der Waals surface area contributed by atoms with Crippen molar-refractivity contribution in [3.8, 4) is 0 Å². The van der Waals surface area contributed by atoms with E-state index in [0.29, 0.717) is 6.61 Å². The van der Waals surface area contributed by atoms with Gasteiger partial charge in [-0.1, -0.05) is 42.8 Å². The SMILES string of the molecule is N[C@]12CCCC[C@]13CCC=CN3[C@H](c1ccccc1)CO2. The maximum atomic E-state index is 6.75. The predicted molar refractivity (Wildman–Crippen MR) is 83.5 cm³/mol. The first-order valence-electron chi connectivity index (χ1n) is 8.18. The number of nitrogens with two attached hydrogens (primary N) is 1. The maximum absolute atomic E-state index is 6.75. The molecule has 0 amide bonds. The molecule has 1 spiro atoms. The van der Waals surface area contributed by atoms with Gasteiger partial charge in [-0.25, -0.2) is 0 Å². The van der Waals surface area contributed by atoms with E-state index < -0.39 is 5.72 Å². The van der Waals surface area contributed by atoms with Gasteiger partial charge in [0, 0.05) is 0 Å². The Morgan fingerprint density at radius 3 is 2.76 bits per heavy atom. The molecule has 2 aliphatic heterocycles. The highest BCUT2D eigenvalue weighted by Gasteiger charge is 2.59. The quantitative estimate of drug-likeness (QED) is 0.859. The Kier molecular flexibility index (Phi) is 3.09. The first kappa shape index (κ1) is 13.4. The molecule has 0 aromatic heterocycles. The van der Waals surface area contributed by atoms with Crippen molar-refractivity contribution in [3.05, 3.63) is 48.2 Å². The summed E-state index contributed by atoms with van der Waals surface area (Å²) in [5.41, 5.74) is 7.60. The van der Waals surface area contributed by atoms with Gasteiger partial charge in [0.25, 0.3) is 0 Å². The van der Waals surface area contributed by atoms with Crippen LogP contribution in [0.5, 0.6) is 0 Å². The molecular formula is C18H24N2O. The number of morpholine rings is 1. The third-order valence-electron chi connectivity index (χ3n) is 5.68. The van der Waals surface area contributed by atoms with E-state index in [1.807, 2.05) is 0 Å². The lowest BCUT2D eigenvalue weighted by Crippen LogP contribution is -2.74. The summed E-state index contributed by atoms with van der Waals surface area (Å²) in [6.45, 7) is 0.687. The van der Waals surface area contributed by atoms with Crippen molar-refractivity contribution in [3.63, 3.8) is 0 Å². The van der Waals surface area contributed by atoms with Gasteiger partial charge in [-0.05, 0) is 43.9 Å². The number of ether oxygens (including phenoxy) is 1. The summed E-state index contributed by atoms with van der Waals surface area (Å²) in [5, 5.41) is 0. The number of allylic oxidation sites excluding steroid dienone is 1. The summed E-state index contributed by atoms with van der Waals surface area (Å²) >= 11 is 0. The van der Waals surface area contributed by atoms with Crippen molar-refractivity contribution >= 4 is 0 Å². The summed E-state index contributed by atoms with van der Waals surface area (Å²) in [6, 6.07) is 11.0. The first-order chi connectivity index (χ1) is 10.3. The van der Waals surface area contributed by atoms with Crippen LogP contribution in [0.25, 0.3) is 0 Å². The van der Waals surface area contributed by atoms with Crippen LogP contribution in [0.1, 0.15) is 50.1 Å². The van der Waals surface area contributed by atoms with Crippen LogP contribution in [-0.2, 0) is 4.74 Å². The summed E-state index contributed by atoms with van der Waals surface area (Å²) < 4.78 is 6.30. The number of hydrogen-bond acceptors (Lipinski definition) is 3. The number of benzene rings is 1. The van der Waals surface area contributed by atoms with E-state index in [1.54, 1.807) is 0 Å². The fraction of sp³-hybridized carbons (Fsp3) is 0.556. The molecule has 1 aromatic rings. The predicted octanol–water partition coefficient (Wildman–Crippen LogP) is 3.34. The molecule has 1 saturated heterocycles. The molecule has 3 atom stereocenters. The summed E-state index contributed by atoms with van der Waals surface area (Å²) in [7, 11) is 0. The third kappa shape index (κ3) is 1.87. The van der Waals surface area contributed by atoms with Crippen LogP contribution in [0, 0.1) is 0 Å². The van der Waals surface area contributed by atoms with Crippen molar-refractivity contribution in [2.24, 2.45) is 5.73 Å². The largest absolute Gasteiger partial charge is 0.359 e. The van der Waals surface area contributed by atoms with Gasteiger partial charge >= 0.3 is 0 Å². The second kappa shape index (κ2) is 4.85. The van der Waals surface area contributed by atoms with Gasteiger partial charge in [-0.2, -0.15) is 0 Å². The average Bonchev–Trinajstić information content (AvgIpc) is 2.54. The van der Waals surface area contributed by atoms with E-state index in [0.717, 1.165) is 25.7 Å². The molecule has 21 heavy (non-hydrogen) atoms. The van der Waals surface area contributed by atoms with Crippen LogP contribution in [0.2, 0.25) is 0 Å². The normalized spacial score (nSPS) is 38.7. The number of nitrogens with zero attached hydrogens (tertiary/aromatic N) is 1. The van der Waals surface area contributed by atoms with Crippen LogP contribution in [-0.4, -0.2) is 22.8 Å². The van der Waals surface area contributed by atoms with E-state index >= 15 is 0 Å². The Morgan fingerprint density at radius 1 is 1.10 bits per heavy atom. The maximum Gasteiger partial charge on any atom is 0.140 e. The Hall–Kier alpha value is -1.32. The second-order valence-corrected chi connectivity index (χ2v) is 6.70. The van der Waals surface area contributed by atoms with E-state index in [4.69, 9.17) is 10.5 Å². The Balaban J connectivity index is 1.77. The smallest absolute Gasteiger partial charge is 0.140 e. The van der Waals surface area contributed by atoms with Gasteiger partial charge < -0.3 is 15.4 Å². The highest BCUT2D eigenvalue weighted by Crippen LogP contribution is 2.52. The van der Waals surface area contributed by atoms with Crippen LogP contribution < -0.4 is 5.73 Å². The van der Waals surface area contributed by atoms with Crippen LogP contribution in [0.4, 0.5) is 0 Å². The lowest BCUT2D eigenvalue weighted by molar-refractivity contribution is -0.227. The molecule has 0 bridgehead atoms. The summed E-state index contributed by atoms with van der Waals surface area (Å²) in [5.74, 6) is 0. The fourth-order valence-electron chi connectivity index (χ4n) is 4.56. The molecule has 1 saturated carbocycles. The first-order valence-corrected chi connectivity index (χ1v) is 8.18. The highest BCUT2D eigenvalue weighted by molar-refractivity contribution is 5.25. The monoisotopic (exact) mass is 284 g/mol. The van der Waals surface area contributed by atoms with Crippen LogP contribution in [0.3, 0.4) is 0 Å². The average molecular weight is 284 g/mol. The molecule has 1 aliphatic carbocycles. The topological polar surface area (TPSA) is 38.5 Å². The van der Waals surface area contributed by atoms with Gasteiger partial charge in [-0.15, -0.1) is 0 Å². The zero-order chi connectivity index (χ0) is 14.3. The zero-order valence-electron chi connectivity index (χ0n) is 12.5. The minimum absolute atomic E-state index is 0.0151. The molecule has 3 heteroatoms. The van der Waals surface area contributed by atoms with E-state index in [2.05, 4.69) is 47.5 Å². The summed E-state index contributed by atoms with van der Waals surface area (Å²) in [4.78, 5) is 2.54. The molecular weight excluding hydrogens is 260 g/mol. The van der Waals surface area contributed by atoms with Crippen molar-refractivity contribution in [2.75, 3.05) is 6.61 Å². The molecule has 4 rings (SSSR count). The molecule has 1 aromatic carbocycles. The number of rotatable bonds is 1. The van der Waals surface area contributed by atoms with Crippen LogP contribution >= 0.6 is 0 Å². The molecule has 2 heterocycles. The standard InChI is InChI=1S/C18H24N2O/c19-18-12-5-4-10-17(18)11-6-7-13-20(17)16(14-21-18)15-8-2-1-3-9-15/h1-3,7-9,13,16H,4-6,10-12,14,19H2/t16-,17-,18-/m0/s1. The van der Waals surface area contributed by atoms with Crippen molar-refractivity contribution in [1.82, 2.24) is 4.90 Å². The Bertz CT molecular complexity index is 543. The third-order valence-corrected chi connectivity index (χ3v) is 5.68. The highest BCUT2D eigenvalue weighted by atomic mass is 16.5. The summed E-state index contributed by atoms with van der Waals surface area (Å²) in [6.07, 6.45) is 11.4. The van der Waals surface area contributed by atoms with Gasteiger partial charge in [0.15, 0.2) is 0 Å². The van der Waals surface area contributed by atoms with Gasteiger partial charge in [-0.3, -0.25) is 0 Å². The molecule has 2 fully saturated rings. The molecule has 112 valence electrons. The van der Waals surface area contributed by atoms with Gasteiger partial charge in [0.1, 0.15) is 5.72 Å². The Labute approximate surface area is 126 Å². The fourth-order valence-corrected chi connectivity index (χ4v) is 4.56. The molecule has 0 unspecified atom stereocenters. The van der Waals surface area contributed by atoms with Crippen LogP contribution in [0.15, 0.2) is 42.6 Å². The number of hydrogen-bond donors (Lipinski definition) is 1. The van der Waals surface area contributed by atoms with E-state index in [1.165, 1.54) is 18.4 Å². The van der Waals surface area contributed by atoms with Crippen molar-refractivity contribution < 1.29 is 4.74 Å². The minimum atomic E-state index is -0.471. The van der Waals surface area contributed by atoms with Gasteiger partial charge in [0.2, 0.25) is 0 Å². The zero-order valence-corrected chi connectivity index (χ0v) is 12.5. The lowest BCUT2D eigenvalue weighted by Gasteiger charge is -2.63. The van der Waals surface area contributed by atoms with E-state index in [-0.39, 0.29) is 11.6 Å². The molecule has 0 radical (unpaired) electrons. The van der Waals surface area contributed by atoms with E-state index in [9.17, 15) is 0 Å². The van der Waals surface area contributed by atoms with Gasteiger partial charge in [0.05, 0.1) is 18.2 Å². The second-order valence-electron chi connectivity index (χ2n) is 6.70. The minimum Gasteiger partial charge on any atom is -0.359 e. The lowest BCUT2D eigenvalue weighted by atomic mass is 9.68. The van der Waals surface area contributed by atoms with Crippen molar-refractivity contribution in [2.45, 2.75) is 55.8 Å². The Morgan fingerprint density at radius 2 is 1.90 bits per heavy atom. The van der Waals surface area contributed by atoms with Crippen molar-refractivity contribution in [1.29, 1.82) is 0 Å². The molecule has 3 aliphatic rings.